The standard InChI is InChI=1S/C15H17N3O3S.2ClH/c19-14(3-6-17-7-4-16-5-8-17)13-10-22-15-2-1-11(18(20)21)9-12(13)15;;/h1-2,9-10,16H,3-8H2;2*1H. The fraction of sp³-hybridized carbons (Fsp3) is 0.400. The van der Waals surface area contributed by atoms with Gasteiger partial charge in [-0.15, -0.1) is 36.2 Å². The van der Waals surface area contributed by atoms with Crippen LogP contribution < -0.4 is 5.32 Å². The summed E-state index contributed by atoms with van der Waals surface area (Å²) in [7, 11) is 0. The molecule has 1 fully saturated rings. The number of nitrogens with one attached hydrogen (secondary N) is 1. The van der Waals surface area contributed by atoms with Crippen LogP contribution in [0.3, 0.4) is 0 Å². The largest absolute Gasteiger partial charge is 0.314 e. The van der Waals surface area contributed by atoms with Gasteiger partial charge in [0.2, 0.25) is 0 Å². The van der Waals surface area contributed by atoms with Gasteiger partial charge in [0.05, 0.1) is 4.92 Å². The van der Waals surface area contributed by atoms with Crippen LogP contribution in [0.1, 0.15) is 16.8 Å². The monoisotopic (exact) mass is 391 g/mol. The van der Waals surface area contributed by atoms with Gasteiger partial charge in [-0.05, 0) is 6.07 Å². The molecule has 9 heteroatoms. The number of halogens is 2. The van der Waals surface area contributed by atoms with Gasteiger partial charge >= 0.3 is 0 Å². The van der Waals surface area contributed by atoms with Crippen LogP contribution >= 0.6 is 36.2 Å². The number of fused-ring (bicyclic) bond motifs is 1. The summed E-state index contributed by atoms with van der Waals surface area (Å²) in [6.45, 7) is 4.59. The van der Waals surface area contributed by atoms with Crippen LogP contribution in [-0.4, -0.2) is 48.3 Å². The van der Waals surface area contributed by atoms with Crippen molar-refractivity contribution in [3.8, 4) is 0 Å². The predicted octanol–water partition coefficient (Wildman–Crippen LogP) is 3.13. The molecule has 1 saturated heterocycles. The third-order valence-electron chi connectivity index (χ3n) is 3.93. The van der Waals surface area contributed by atoms with Crippen molar-refractivity contribution in [3.05, 3.63) is 39.3 Å². The molecule has 2 aromatic rings. The highest BCUT2D eigenvalue weighted by molar-refractivity contribution is 7.17. The third kappa shape index (κ3) is 4.64. The van der Waals surface area contributed by atoms with Crippen molar-refractivity contribution < 1.29 is 9.72 Å². The van der Waals surface area contributed by atoms with E-state index in [1.807, 2.05) is 5.38 Å². The van der Waals surface area contributed by atoms with E-state index in [0.29, 0.717) is 17.4 Å². The Labute approximate surface area is 156 Å². The van der Waals surface area contributed by atoms with Gasteiger partial charge in [-0.1, -0.05) is 0 Å². The zero-order valence-corrected chi connectivity index (χ0v) is 15.3. The van der Waals surface area contributed by atoms with Gasteiger partial charge < -0.3 is 10.2 Å². The lowest BCUT2D eigenvalue weighted by Crippen LogP contribution is -2.44. The number of Topliss-reactive ketones (excluding diaryl/α,β-unsaturated/α-hetero) is 1. The highest BCUT2D eigenvalue weighted by Gasteiger charge is 2.17. The van der Waals surface area contributed by atoms with Crippen molar-refractivity contribution in [2.75, 3.05) is 32.7 Å². The molecule has 0 radical (unpaired) electrons. The first-order valence-electron chi connectivity index (χ1n) is 7.27. The van der Waals surface area contributed by atoms with Gasteiger partial charge in [0.1, 0.15) is 0 Å². The van der Waals surface area contributed by atoms with E-state index in [9.17, 15) is 14.9 Å². The number of ketones is 1. The lowest BCUT2D eigenvalue weighted by Gasteiger charge is -2.26. The van der Waals surface area contributed by atoms with Crippen molar-refractivity contribution in [2.45, 2.75) is 6.42 Å². The lowest BCUT2D eigenvalue weighted by molar-refractivity contribution is -0.384. The molecule has 0 atom stereocenters. The van der Waals surface area contributed by atoms with Crippen molar-refractivity contribution >= 4 is 57.7 Å². The molecule has 0 saturated carbocycles. The highest BCUT2D eigenvalue weighted by atomic mass is 35.5. The molecule has 1 aromatic heterocycles. The Bertz CT molecular complexity index is 717. The first-order valence-corrected chi connectivity index (χ1v) is 8.15. The van der Waals surface area contributed by atoms with E-state index in [4.69, 9.17) is 0 Å². The maximum Gasteiger partial charge on any atom is 0.270 e. The number of thiophene rings is 1. The fourth-order valence-corrected chi connectivity index (χ4v) is 3.62. The molecule has 0 aliphatic carbocycles. The molecule has 0 bridgehead atoms. The van der Waals surface area contributed by atoms with Crippen molar-refractivity contribution in [1.82, 2.24) is 10.2 Å². The van der Waals surface area contributed by atoms with Gasteiger partial charge in [-0.2, -0.15) is 0 Å². The van der Waals surface area contributed by atoms with Gasteiger partial charge in [0.15, 0.2) is 5.78 Å². The van der Waals surface area contributed by atoms with Crippen molar-refractivity contribution in [3.63, 3.8) is 0 Å². The van der Waals surface area contributed by atoms with Crippen LogP contribution in [0, 0.1) is 10.1 Å². The molecule has 1 aliphatic heterocycles. The SMILES string of the molecule is Cl.Cl.O=C(CCN1CCNCC1)c1csc2ccc([N+](=O)[O-])cc12. The number of carbonyl (C=O) groups is 1. The molecular weight excluding hydrogens is 373 g/mol. The van der Waals surface area contributed by atoms with E-state index in [-0.39, 0.29) is 36.3 Å². The minimum atomic E-state index is -0.425. The second kappa shape index (κ2) is 9.29. The van der Waals surface area contributed by atoms with Gasteiger partial charge in [-0.3, -0.25) is 14.9 Å². The average molecular weight is 392 g/mol. The molecule has 0 unspecified atom stereocenters. The Hall–Kier alpha value is -1.25. The third-order valence-corrected chi connectivity index (χ3v) is 4.90. The fourth-order valence-electron chi connectivity index (χ4n) is 2.68. The van der Waals surface area contributed by atoms with E-state index in [2.05, 4.69) is 10.2 Å². The van der Waals surface area contributed by atoms with Crippen LogP contribution in [0.15, 0.2) is 23.6 Å². The number of rotatable bonds is 5. The minimum Gasteiger partial charge on any atom is -0.314 e. The summed E-state index contributed by atoms with van der Waals surface area (Å²) in [4.78, 5) is 25.2. The summed E-state index contributed by atoms with van der Waals surface area (Å²) in [5, 5.41) is 16.7. The van der Waals surface area contributed by atoms with E-state index in [1.54, 1.807) is 6.07 Å². The number of nitro benzene ring substituents is 1. The smallest absolute Gasteiger partial charge is 0.270 e. The molecular formula is C15H19Cl2N3O3S. The first-order chi connectivity index (χ1) is 10.6. The number of hydrogen-bond donors (Lipinski definition) is 1. The number of nitrogens with zero attached hydrogens (tertiary/aromatic N) is 2. The summed E-state index contributed by atoms with van der Waals surface area (Å²) < 4.78 is 0.913. The normalized spacial score (nSPS) is 14.7. The second-order valence-corrected chi connectivity index (χ2v) is 6.26. The van der Waals surface area contributed by atoms with Gasteiger partial charge in [0, 0.05) is 72.3 Å². The number of carbonyl (C=O) groups excluding carboxylic acids is 1. The quantitative estimate of drug-likeness (QED) is 0.481. The van der Waals surface area contributed by atoms with Crippen molar-refractivity contribution in [1.29, 1.82) is 0 Å². The zero-order chi connectivity index (χ0) is 15.5. The zero-order valence-electron chi connectivity index (χ0n) is 12.9. The van der Waals surface area contributed by atoms with Gasteiger partial charge in [-0.25, -0.2) is 0 Å². The van der Waals surface area contributed by atoms with Crippen LogP contribution in [0.2, 0.25) is 0 Å². The molecule has 2 heterocycles. The molecule has 1 aromatic carbocycles. The summed E-state index contributed by atoms with van der Waals surface area (Å²) >= 11 is 1.46. The Balaban J connectivity index is 0.00000144. The van der Waals surface area contributed by atoms with E-state index in [0.717, 1.165) is 37.4 Å². The molecule has 6 nitrogen and oxygen atoms in total. The second-order valence-electron chi connectivity index (χ2n) is 5.35. The molecule has 0 spiro atoms. The van der Waals surface area contributed by atoms with E-state index < -0.39 is 4.92 Å². The Morgan fingerprint density at radius 2 is 2.00 bits per heavy atom. The Morgan fingerprint density at radius 3 is 2.67 bits per heavy atom. The number of piperazine rings is 1. The van der Waals surface area contributed by atoms with Crippen LogP contribution in [-0.2, 0) is 0 Å². The number of nitro groups is 1. The summed E-state index contributed by atoms with van der Waals surface area (Å²) in [6, 6.07) is 4.70. The average Bonchev–Trinajstić information content (AvgIpc) is 2.96. The lowest BCUT2D eigenvalue weighted by atomic mass is 10.1. The van der Waals surface area contributed by atoms with Gasteiger partial charge in [0.25, 0.3) is 5.69 Å². The number of benzene rings is 1. The Morgan fingerprint density at radius 1 is 1.29 bits per heavy atom. The highest BCUT2D eigenvalue weighted by Crippen LogP contribution is 2.30. The molecule has 1 aliphatic rings. The summed E-state index contributed by atoms with van der Waals surface area (Å²) in [5.41, 5.74) is 0.640. The molecule has 1 N–H and O–H groups in total. The maximum absolute atomic E-state index is 12.4. The first kappa shape index (κ1) is 20.8. The van der Waals surface area contributed by atoms with Crippen LogP contribution in [0.5, 0.6) is 0 Å². The predicted molar refractivity (Wildman–Crippen MR) is 101 cm³/mol. The molecule has 3 rings (SSSR count). The van der Waals surface area contributed by atoms with E-state index >= 15 is 0 Å². The number of hydrogen-bond acceptors (Lipinski definition) is 6. The summed E-state index contributed by atoms with van der Waals surface area (Å²) in [5.74, 6) is 0.0604. The Kier molecular flexibility index (Phi) is 8.05. The van der Waals surface area contributed by atoms with Crippen molar-refractivity contribution in [2.24, 2.45) is 0 Å². The molecule has 132 valence electrons. The number of non-ortho nitro benzene ring substituents is 1. The topological polar surface area (TPSA) is 75.5 Å². The van der Waals surface area contributed by atoms with E-state index in [1.165, 1.54) is 23.5 Å². The minimum absolute atomic E-state index is 0. The van der Waals surface area contributed by atoms with Crippen LogP contribution in [0.4, 0.5) is 5.69 Å². The summed E-state index contributed by atoms with van der Waals surface area (Å²) in [6.07, 6.45) is 0.453. The van der Waals surface area contributed by atoms with Crippen LogP contribution in [0.25, 0.3) is 10.1 Å². The maximum atomic E-state index is 12.4. The molecule has 0 amide bonds. The molecule has 24 heavy (non-hydrogen) atoms.